The molecule has 0 saturated carbocycles. The lowest BCUT2D eigenvalue weighted by Crippen LogP contribution is -2.36. The minimum Gasteiger partial charge on any atom is -0.378 e. The first-order valence-electron chi connectivity index (χ1n) is 10.3. The number of carbonyl (C=O) groups excluding carboxylic acids is 2. The summed E-state index contributed by atoms with van der Waals surface area (Å²) in [6, 6.07) is 18.7. The summed E-state index contributed by atoms with van der Waals surface area (Å²) < 4.78 is 5.41. The predicted octanol–water partition coefficient (Wildman–Crippen LogP) is 4.33. The van der Waals surface area contributed by atoms with Gasteiger partial charge in [0, 0.05) is 18.8 Å². The monoisotopic (exact) mass is 435 g/mol. The second-order valence-corrected chi connectivity index (χ2v) is 8.31. The number of morpholine rings is 1. The average molecular weight is 436 g/mol. The molecule has 1 aliphatic heterocycles. The Bertz CT molecular complexity index is 1030. The Labute approximate surface area is 185 Å². The Morgan fingerprint density at radius 1 is 0.968 bits per heavy atom. The van der Waals surface area contributed by atoms with Gasteiger partial charge in [0.05, 0.1) is 35.4 Å². The summed E-state index contributed by atoms with van der Waals surface area (Å²) in [4.78, 5) is 28.3. The first-order chi connectivity index (χ1) is 15.1. The van der Waals surface area contributed by atoms with Crippen molar-refractivity contribution < 1.29 is 14.3 Å². The molecule has 1 saturated heterocycles. The van der Waals surface area contributed by atoms with Crippen molar-refractivity contribution >= 4 is 34.5 Å². The van der Waals surface area contributed by atoms with E-state index in [2.05, 4.69) is 27.7 Å². The van der Waals surface area contributed by atoms with Crippen LogP contribution in [0.15, 0.2) is 66.0 Å². The lowest BCUT2D eigenvalue weighted by Gasteiger charge is -2.29. The maximum atomic E-state index is 12.9. The molecule has 1 unspecified atom stereocenters. The molecular formula is C24H25N3O3S. The van der Waals surface area contributed by atoms with E-state index in [0.29, 0.717) is 16.1 Å². The normalized spacial score (nSPS) is 14.7. The maximum absolute atomic E-state index is 12.9. The van der Waals surface area contributed by atoms with E-state index in [1.165, 1.54) is 11.3 Å². The van der Waals surface area contributed by atoms with E-state index in [9.17, 15) is 9.59 Å². The zero-order valence-electron chi connectivity index (χ0n) is 17.3. The molecule has 2 amide bonds. The number of hydrogen-bond acceptors (Lipinski definition) is 5. The number of nitrogens with one attached hydrogen (secondary N) is 2. The minimum atomic E-state index is -0.230. The molecule has 0 aliphatic carbocycles. The number of hydrogen-bond donors (Lipinski definition) is 2. The first-order valence-corrected chi connectivity index (χ1v) is 11.2. The zero-order chi connectivity index (χ0) is 21.6. The predicted molar refractivity (Wildman–Crippen MR) is 124 cm³/mol. The molecule has 1 aliphatic rings. The maximum Gasteiger partial charge on any atom is 0.265 e. The van der Waals surface area contributed by atoms with Crippen LogP contribution in [0.3, 0.4) is 0 Å². The van der Waals surface area contributed by atoms with Gasteiger partial charge in [-0.3, -0.25) is 9.59 Å². The van der Waals surface area contributed by atoms with Crippen molar-refractivity contribution in [2.24, 2.45) is 0 Å². The Kier molecular flexibility index (Phi) is 6.64. The van der Waals surface area contributed by atoms with Crippen LogP contribution in [0.25, 0.3) is 0 Å². The third-order valence-corrected chi connectivity index (χ3v) is 6.15. The third-order valence-electron chi connectivity index (χ3n) is 5.28. The van der Waals surface area contributed by atoms with Crippen molar-refractivity contribution in [3.05, 3.63) is 82.0 Å². The lowest BCUT2D eigenvalue weighted by atomic mass is 10.1. The quantitative estimate of drug-likeness (QED) is 0.605. The topological polar surface area (TPSA) is 70.7 Å². The number of thiophene rings is 1. The third kappa shape index (κ3) is 5.13. The number of nitrogens with zero attached hydrogens (tertiary/aromatic N) is 1. The Morgan fingerprint density at radius 2 is 1.71 bits per heavy atom. The highest BCUT2D eigenvalue weighted by molar-refractivity contribution is 7.12. The SMILES string of the molecule is CC(NC(=O)c1ccccc1NC(=O)c1cccs1)c1ccc(N2CCOCC2)cc1. The largest absolute Gasteiger partial charge is 0.378 e. The standard InChI is InChI=1S/C24H25N3O3S/c1-17(18-8-10-19(11-9-18)27-12-14-30-15-13-27)25-23(28)20-5-2-3-6-21(20)26-24(29)22-7-4-16-31-22/h2-11,16-17H,12-15H2,1H3,(H,25,28)(H,26,29). The highest BCUT2D eigenvalue weighted by Gasteiger charge is 2.17. The van der Waals surface area contributed by atoms with Gasteiger partial charge in [-0.05, 0) is 48.2 Å². The van der Waals surface area contributed by atoms with Gasteiger partial charge < -0.3 is 20.3 Å². The molecule has 1 fully saturated rings. The molecule has 1 atom stereocenters. The molecule has 3 aromatic rings. The van der Waals surface area contributed by atoms with Crippen molar-refractivity contribution in [3.8, 4) is 0 Å². The van der Waals surface area contributed by atoms with Gasteiger partial charge in [-0.15, -0.1) is 11.3 Å². The first kappa shape index (κ1) is 21.1. The summed E-state index contributed by atoms with van der Waals surface area (Å²) in [5.41, 5.74) is 3.11. The Morgan fingerprint density at radius 3 is 2.42 bits per heavy atom. The molecule has 0 radical (unpaired) electrons. The van der Waals surface area contributed by atoms with Crippen LogP contribution in [0, 0.1) is 0 Å². The van der Waals surface area contributed by atoms with Gasteiger partial charge in [0.1, 0.15) is 0 Å². The molecule has 1 aromatic heterocycles. The van der Waals surface area contributed by atoms with Crippen molar-refractivity contribution in [1.82, 2.24) is 5.32 Å². The number of para-hydroxylation sites is 1. The molecule has 7 heteroatoms. The van der Waals surface area contributed by atoms with E-state index in [1.807, 2.05) is 30.5 Å². The summed E-state index contributed by atoms with van der Waals surface area (Å²) in [5.74, 6) is -0.450. The van der Waals surface area contributed by atoms with Crippen LogP contribution in [0.2, 0.25) is 0 Å². The Balaban J connectivity index is 1.42. The second-order valence-electron chi connectivity index (χ2n) is 7.36. The van der Waals surface area contributed by atoms with Gasteiger partial charge in [-0.25, -0.2) is 0 Å². The smallest absolute Gasteiger partial charge is 0.265 e. The summed E-state index contributed by atoms with van der Waals surface area (Å²) in [6.07, 6.45) is 0. The molecule has 0 bridgehead atoms. The van der Waals surface area contributed by atoms with E-state index in [0.717, 1.165) is 37.6 Å². The van der Waals surface area contributed by atoms with E-state index in [1.54, 1.807) is 30.3 Å². The second kappa shape index (κ2) is 9.76. The van der Waals surface area contributed by atoms with Crippen LogP contribution >= 0.6 is 11.3 Å². The summed E-state index contributed by atoms with van der Waals surface area (Å²) in [5, 5.41) is 7.73. The zero-order valence-corrected chi connectivity index (χ0v) is 18.2. The van der Waals surface area contributed by atoms with Crippen LogP contribution in [0.5, 0.6) is 0 Å². The molecule has 4 rings (SSSR count). The minimum absolute atomic E-state index is 0.174. The van der Waals surface area contributed by atoms with Gasteiger partial charge in [0.2, 0.25) is 0 Å². The highest BCUT2D eigenvalue weighted by Crippen LogP contribution is 2.22. The summed E-state index contributed by atoms with van der Waals surface area (Å²) >= 11 is 1.36. The van der Waals surface area contributed by atoms with E-state index >= 15 is 0 Å². The van der Waals surface area contributed by atoms with Gasteiger partial charge in [-0.2, -0.15) is 0 Å². The Hall–Kier alpha value is -3.16. The van der Waals surface area contributed by atoms with E-state index in [-0.39, 0.29) is 17.9 Å². The molecule has 2 heterocycles. The highest BCUT2D eigenvalue weighted by atomic mass is 32.1. The number of benzene rings is 2. The van der Waals surface area contributed by atoms with Crippen molar-refractivity contribution in [3.63, 3.8) is 0 Å². The van der Waals surface area contributed by atoms with Crippen LogP contribution in [-0.4, -0.2) is 38.1 Å². The molecule has 160 valence electrons. The molecular weight excluding hydrogens is 410 g/mol. The fourth-order valence-electron chi connectivity index (χ4n) is 3.53. The fourth-order valence-corrected chi connectivity index (χ4v) is 4.15. The van der Waals surface area contributed by atoms with E-state index < -0.39 is 0 Å². The van der Waals surface area contributed by atoms with Crippen molar-refractivity contribution in [1.29, 1.82) is 0 Å². The van der Waals surface area contributed by atoms with Crippen molar-refractivity contribution in [2.75, 3.05) is 36.5 Å². The van der Waals surface area contributed by atoms with Crippen LogP contribution in [-0.2, 0) is 4.74 Å². The van der Waals surface area contributed by atoms with Gasteiger partial charge in [0.15, 0.2) is 0 Å². The lowest BCUT2D eigenvalue weighted by molar-refractivity contribution is 0.0940. The van der Waals surface area contributed by atoms with Crippen LogP contribution in [0.1, 0.15) is 38.6 Å². The molecule has 0 spiro atoms. The number of rotatable bonds is 6. The average Bonchev–Trinajstić information content (AvgIpc) is 3.35. The number of anilines is 2. The van der Waals surface area contributed by atoms with Crippen molar-refractivity contribution in [2.45, 2.75) is 13.0 Å². The fraction of sp³-hybridized carbons (Fsp3) is 0.250. The number of ether oxygens (including phenoxy) is 1. The molecule has 2 aromatic carbocycles. The molecule has 2 N–H and O–H groups in total. The number of carbonyl (C=O) groups is 2. The van der Waals surface area contributed by atoms with Crippen LogP contribution in [0.4, 0.5) is 11.4 Å². The van der Waals surface area contributed by atoms with Gasteiger partial charge in [-0.1, -0.05) is 30.3 Å². The summed E-state index contributed by atoms with van der Waals surface area (Å²) in [6.45, 7) is 5.22. The molecule has 31 heavy (non-hydrogen) atoms. The summed E-state index contributed by atoms with van der Waals surface area (Å²) in [7, 11) is 0. The van der Waals surface area contributed by atoms with Crippen LogP contribution < -0.4 is 15.5 Å². The molecule has 6 nitrogen and oxygen atoms in total. The van der Waals surface area contributed by atoms with E-state index in [4.69, 9.17) is 4.74 Å². The van der Waals surface area contributed by atoms with Gasteiger partial charge >= 0.3 is 0 Å². The van der Waals surface area contributed by atoms with Gasteiger partial charge in [0.25, 0.3) is 11.8 Å². The number of amides is 2.